The summed E-state index contributed by atoms with van der Waals surface area (Å²) in [4.78, 5) is 24.2. The average molecular weight is 517 g/mol. The lowest BCUT2D eigenvalue weighted by Gasteiger charge is -2.03. The third-order valence-electron chi connectivity index (χ3n) is 7.43. The summed E-state index contributed by atoms with van der Waals surface area (Å²) >= 11 is 0. The molecular formula is C33H60N2O2. The highest BCUT2D eigenvalue weighted by atomic mass is 16.2. The molecule has 2 amide bonds. The van der Waals surface area contributed by atoms with Crippen LogP contribution in [0.3, 0.4) is 0 Å². The van der Waals surface area contributed by atoms with Crippen LogP contribution in [0.5, 0.6) is 0 Å². The molecular weight excluding hydrogens is 456 g/mol. The first-order chi connectivity index (χ1) is 18.2. The molecule has 0 heterocycles. The summed E-state index contributed by atoms with van der Waals surface area (Å²) in [7, 11) is 0. The predicted molar refractivity (Wildman–Crippen MR) is 160 cm³/mol. The number of allylic oxidation sites excluding steroid dienone is 2. The summed E-state index contributed by atoms with van der Waals surface area (Å²) < 4.78 is 0. The topological polar surface area (TPSA) is 58.2 Å². The zero-order chi connectivity index (χ0) is 26.8. The van der Waals surface area contributed by atoms with Crippen molar-refractivity contribution in [3.8, 4) is 0 Å². The van der Waals surface area contributed by atoms with Gasteiger partial charge < -0.3 is 10.6 Å². The largest absolute Gasteiger partial charge is 0.348 e. The van der Waals surface area contributed by atoms with Gasteiger partial charge >= 0.3 is 0 Å². The normalized spacial score (nSPS) is 17.0. The maximum absolute atomic E-state index is 12.1. The Morgan fingerprint density at radius 2 is 0.811 bits per heavy atom. The molecule has 0 aromatic heterocycles. The van der Waals surface area contributed by atoms with Crippen molar-refractivity contribution >= 4 is 11.8 Å². The second-order valence-electron chi connectivity index (χ2n) is 11.2. The summed E-state index contributed by atoms with van der Waals surface area (Å²) in [6.45, 7) is 4.53. The van der Waals surface area contributed by atoms with E-state index in [1.54, 1.807) is 12.2 Å². The Bertz CT molecular complexity index is 561. The van der Waals surface area contributed by atoms with Crippen LogP contribution in [0.4, 0.5) is 0 Å². The Hall–Kier alpha value is -1.58. The van der Waals surface area contributed by atoms with Crippen molar-refractivity contribution in [2.45, 2.75) is 174 Å². The van der Waals surface area contributed by atoms with Gasteiger partial charge in [0, 0.05) is 0 Å². The van der Waals surface area contributed by atoms with E-state index in [4.69, 9.17) is 0 Å². The van der Waals surface area contributed by atoms with E-state index < -0.39 is 0 Å². The van der Waals surface area contributed by atoms with Crippen LogP contribution in [-0.2, 0) is 9.59 Å². The third kappa shape index (κ3) is 22.1. The lowest BCUT2D eigenvalue weighted by molar-refractivity contribution is -0.118. The van der Waals surface area contributed by atoms with Gasteiger partial charge in [-0.25, -0.2) is 0 Å². The van der Waals surface area contributed by atoms with E-state index >= 15 is 0 Å². The Kier molecular flexibility index (Phi) is 22.4. The molecule has 0 aliphatic heterocycles. The molecule has 214 valence electrons. The highest BCUT2D eigenvalue weighted by Gasteiger charge is 2.38. The first-order valence-corrected chi connectivity index (χ1v) is 16.1. The number of hydrogen-bond donors (Lipinski definition) is 2. The van der Waals surface area contributed by atoms with E-state index in [2.05, 4.69) is 24.5 Å². The minimum absolute atomic E-state index is 0.0367. The third-order valence-corrected chi connectivity index (χ3v) is 7.43. The molecule has 4 nitrogen and oxygen atoms in total. The Balaban J connectivity index is 1.91. The van der Waals surface area contributed by atoms with Gasteiger partial charge in [-0.3, -0.25) is 9.59 Å². The summed E-state index contributed by atoms with van der Waals surface area (Å²) in [6, 6.07) is 0.155. The van der Waals surface area contributed by atoms with Crippen molar-refractivity contribution in [3.05, 3.63) is 24.3 Å². The van der Waals surface area contributed by atoms with Gasteiger partial charge in [0.2, 0.25) is 11.8 Å². The molecule has 1 rings (SSSR count). The van der Waals surface area contributed by atoms with E-state index in [0.29, 0.717) is 0 Å². The van der Waals surface area contributed by atoms with Crippen molar-refractivity contribution in [2.24, 2.45) is 0 Å². The van der Waals surface area contributed by atoms with Crippen LogP contribution in [-0.4, -0.2) is 23.9 Å². The van der Waals surface area contributed by atoms with Crippen molar-refractivity contribution in [1.29, 1.82) is 0 Å². The van der Waals surface area contributed by atoms with E-state index in [0.717, 1.165) is 32.1 Å². The van der Waals surface area contributed by atoms with Crippen LogP contribution in [0.2, 0.25) is 0 Å². The highest BCUT2D eigenvalue weighted by Crippen LogP contribution is 2.21. The number of carbonyl (C=O) groups is 2. The van der Waals surface area contributed by atoms with E-state index in [1.807, 2.05) is 12.2 Å². The maximum atomic E-state index is 12.1. The summed E-state index contributed by atoms with van der Waals surface area (Å²) in [5.74, 6) is -0.0735. The fraction of sp³-hybridized carbons (Fsp3) is 0.818. The zero-order valence-electron chi connectivity index (χ0n) is 24.5. The standard InChI is InChI=1S/C33H60N2O2/c1-3-5-7-9-11-13-15-17-19-21-23-25-27-32(36)34-30-29-31(30)35-33(37)28-26-24-22-20-18-16-14-12-10-8-6-4-2/h25-28,30-31H,3-24,29H2,1-2H3,(H,34,36)(H,35,37)/b27-25+,28-26+/t30-,31+. The Morgan fingerprint density at radius 1 is 0.514 bits per heavy atom. The second-order valence-corrected chi connectivity index (χ2v) is 11.2. The van der Waals surface area contributed by atoms with E-state index in [-0.39, 0.29) is 23.9 Å². The van der Waals surface area contributed by atoms with Crippen molar-refractivity contribution in [1.82, 2.24) is 10.6 Å². The highest BCUT2D eigenvalue weighted by molar-refractivity contribution is 5.89. The molecule has 0 spiro atoms. The molecule has 0 saturated heterocycles. The average Bonchev–Trinajstić information content (AvgIpc) is 3.61. The van der Waals surface area contributed by atoms with Gasteiger partial charge in [-0.15, -0.1) is 0 Å². The molecule has 0 radical (unpaired) electrons. The van der Waals surface area contributed by atoms with Gasteiger partial charge in [-0.2, -0.15) is 0 Å². The van der Waals surface area contributed by atoms with Crippen LogP contribution < -0.4 is 10.6 Å². The van der Waals surface area contributed by atoms with E-state index in [1.165, 1.54) is 116 Å². The maximum Gasteiger partial charge on any atom is 0.243 e. The van der Waals surface area contributed by atoms with Crippen molar-refractivity contribution < 1.29 is 9.59 Å². The molecule has 0 unspecified atom stereocenters. The molecule has 0 aromatic carbocycles. The monoisotopic (exact) mass is 516 g/mol. The number of nitrogens with one attached hydrogen (secondary N) is 2. The molecule has 0 aromatic rings. The zero-order valence-corrected chi connectivity index (χ0v) is 24.5. The van der Waals surface area contributed by atoms with Gasteiger partial charge in [0.1, 0.15) is 0 Å². The van der Waals surface area contributed by atoms with Crippen LogP contribution in [0, 0.1) is 0 Å². The summed E-state index contributed by atoms with van der Waals surface area (Å²) in [5.41, 5.74) is 0. The van der Waals surface area contributed by atoms with Gasteiger partial charge in [0.25, 0.3) is 0 Å². The molecule has 4 heteroatoms. The number of hydrogen-bond acceptors (Lipinski definition) is 2. The SMILES string of the molecule is CCCCCCCCCCCC/C=C/C(=O)N[C@H]1C[C@H]1NC(=O)/C=C/CCCCCCCCCCCC. The molecule has 1 saturated carbocycles. The smallest absolute Gasteiger partial charge is 0.243 e. The van der Waals surface area contributed by atoms with E-state index in [9.17, 15) is 9.59 Å². The fourth-order valence-corrected chi connectivity index (χ4v) is 4.86. The lowest BCUT2D eigenvalue weighted by atomic mass is 10.1. The number of carbonyl (C=O) groups excluding carboxylic acids is 2. The van der Waals surface area contributed by atoms with Crippen LogP contribution in [0.1, 0.15) is 162 Å². The van der Waals surface area contributed by atoms with Crippen molar-refractivity contribution in [3.63, 3.8) is 0 Å². The Morgan fingerprint density at radius 3 is 1.14 bits per heavy atom. The minimum atomic E-state index is -0.0367. The molecule has 1 aliphatic rings. The molecule has 1 aliphatic carbocycles. The van der Waals surface area contributed by atoms with Crippen molar-refractivity contribution in [2.75, 3.05) is 0 Å². The minimum Gasteiger partial charge on any atom is -0.348 e. The molecule has 37 heavy (non-hydrogen) atoms. The number of rotatable bonds is 26. The van der Waals surface area contributed by atoms with Gasteiger partial charge in [-0.05, 0) is 44.3 Å². The van der Waals surface area contributed by atoms with Crippen LogP contribution >= 0.6 is 0 Å². The predicted octanol–water partition coefficient (Wildman–Crippen LogP) is 9.09. The molecule has 2 atom stereocenters. The van der Waals surface area contributed by atoms with Gasteiger partial charge in [0.15, 0.2) is 0 Å². The van der Waals surface area contributed by atoms with Gasteiger partial charge in [0.05, 0.1) is 12.1 Å². The van der Waals surface area contributed by atoms with Gasteiger partial charge in [-0.1, -0.05) is 142 Å². The second kappa shape index (κ2) is 24.7. The number of amides is 2. The Labute approximate surface area is 229 Å². The fourth-order valence-electron chi connectivity index (χ4n) is 4.86. The molecule has 1 fully saturated rings. The summed E-state index contributed by atoms with van der Waals surface area (Å²) in [6.07, 6.45) is 36.7. The van der Waals surface area contributed by atoms with Crippen LogP contribution in [0.15, 0.2) is 24.3 Å². The molecule has 0 bridgehead atoms. The first kappa shape index (κ1) is 33.4. The van der Waals surface area contributed by atoms with Crippen LogP contribution in [0.25, 0.3) is 0 Å². The number of unbranched alkanes of at least 4 members (excludes halogenated alkanes) is 20. The quantitative estimate of drug-likeness (QED) is 0.0889. The molecule has 2 N–H and O–H groups in total. The first-order valence-electron chi connectivity index (χ1n) is 16.1. The lowest BCUT2D eigenvalue weighted by Crippen LogP contribution is -2.33. The summed E-state index contributed by atoms with van der Waals surface area (Å²) in [5, 5.41) is 6.00.